The van der Waals surface area contributed by atoms with Crippen LogP contribution < -0.4 is 15.6 Å². The molecule has 0 aliphatic heterocycles. The summed E-state index contributed by atoms with van der Waals surface area (Å²) in [5, 5.41) is 3.26. The summed E-state index contributed by atoms with van der Waals surface area (Å²) in [6.07, 6.45) is 0.544. The molecule has 0 bridgehead atoms. The van der Waals surface area contributed by atoms with E-state index in [1.165, 1.54) is 24.3 Å². The van der Waals surface area contributed by atoms with Gasteiger partial charge in [-0.1, -0.05) is 12.1 Å². The maximum atomic E-state index is 12.8. The minimum Gasteiger partial charge on any atom is -0.492 e. The molecule has 3 rings (SSSR count). The Labute approximate surface area is 149 Å². The first-order valence-corrected chi connectivity index (χ1v) is 8.25. The van der Waals surface area contributed by atoms with Gasteiger partial charge in [0.05, 0.1) is 17.4 Å². The van der Waals surface area contributed by atoms with Crippen LogP contribution in [0, 0.1) is 5.82 Å². The fourth-order valence-electron chi connectivity index (χ4n) is 2.46. The third-order valence-corrected chi connectivity index (χ3v) is 3.76. The van der Waals surface area contributed by atoms with Gasteiger partial charge in [0, 0.05) is 12.8 Å². The number of aromatic amines is 1. The number of para-hydroxylation sites is 1. The SMILES string of the molecule is O=C(CCc1nc2ccccc2c(=O)[nH]1)NCCOc1ccc(F)cc1. The fraction of sp³-hybridized carbons (Fsp3) is 0.211. The van der Waals surface area contributed by atoms with E-state index in [2.05, 4.69) is 15.3 Å². The molecule has 0 atom stereocenters. The molecule has 0 aliphatic carbocycles. The molecule has 0 saturated carbocycles. The average Bonchev–Trinajstić information content (AvgIpc) is 2.65. The molecular weight excluding hydrogens is 337 g/mol. The number of H-pyrrole nitrogens is 1. The number of nitrogens with one attached hydrogen (secondary N) is 2. The highest BCUT2D eigenvalue weighted by molar-refractivity contribution is 5.78. The lowest BCUT2D eigenvalue weighted by Crippen LogP contribution is -2.28. The fourth-order valence-corrected chi connectivity index (χ4v) is 2.46. The van der Waals surface area contributed by atoms with E-state index in [1.54, 1.807) is 18.2 Å². The quantitative estimate of drug-likeness (QED) is 0.637. The van der Waals surface area contributed by atoms with Crippen LogP contribution in [-0.4, -0.2) is 29.0 Å². The van der Waals surface area contributed by atoms with Gasteiger partial charge >= 0.3 is 0 Å². The minimum absolute atomic E-state index is 0.163. The Morgan fingerprint density at radius 3 is 2.73 bits per heavy atom. The second-order valence-corrected chi connectivity index (χ2v) is 5.68. The Morgan fingerprint density at radius 1 is 1.15 bits per heavy atom. The number of amides is 1. The van der Waals surface area contributed by atoms with E-state index in [1.807, 2.05) is 6.07 Å². The number of hydrogen-bond acceptors (Lipinski definition) is 4. The molecule has 0 saturated heterocycles. The number of nitrogens with zero attached hydrogens (tertiary/aromatic N) is 1. The molecule has 26 heavy (non-hydrogen) atoms. The van der Waals surface area contributed by atoms with E-state index in [0.717, 1.165) is 0 Å². The number of hydrogen-bond donors (Lipinski definition) is 2. The van der Waals surface area contributed by atoms with Gasteiger partial charge in [0.25, 0.3) is 5.56 Å². The van der Waals surface area contributed by atoms with E-state index in [4.69, 9.17) is 4.74 Å². The third kappa shape index (κ3) is 4.66. The molecule has 2 aromatic carbocycles. The number of benzene rings is 2. The summed E-state index contributed by atoms with van der Waals surface area (Å²) in [5.41, 5.74) is 0.401. The maximum Gasteiger partial charge on any atom is 0.258 e. The van der Waals surface area contributed by atoms with Gasteiger partial charge in [0.1, 0.15) is 24.0 Å². The van der Waals surface area contributed by atoms with Crippen LogP contribution in [0.1, 0.15) is 12.2 Å². The second-order valence-electron chi connectivity index (χ2n) is 5.68. The third-order valence-electron chi connectivity index (χ3n) is 3.76. The monoisotopic (exact) mass is 355 g/mol. The average molecular weight is 355 g/mol. The Bertz CT molecular complexity index is 954. The van der Waals surface area contributed by atoms with Gasteiger partial charge in [0.15, 0.2) is 0 Å². The number of aryl methyl sites for hydroxylation is 1. The number of fused-ring (bicyclic) bond motifs is 1. The van der Waals surface area contributed by atoms with Gasteiger partial charge in [-0.15, -0.1) is 0 Å². The highest BCUT2D eigenvalue weighted by Gasteiger charge is 2.06. The Kier molecular flexibility index (Phi) is 5.58. The lowest BCUT2D eigenvalue weighted by Gasteiger charge is -2.08. The summed E-state index contributed by atoms with van der Waals surface area (Å²) in [6.45, 7) is 0.611. The summed E-state index contributed by atoms with van der Waals surface area (Å²) in [5.74, 6) is 0.527. The van der Waals surface area contributed by atoms with Crippen molar-refractivity contribution in [3.63, 3.8) is 0 Å². The van der Waals surface area contributed by atoms with Crippen molar-refractivity contribution in [3.05, 3.63) is 70.5 Å². The van der Waals surface area contributed by atoms with Crippen LogP contribution in [0.5, 0.6) is 5.75 Å². The van der Waals surface area contributed by atoms with Gasteiger partial charge in [-0.25, -0.2) is 9.37 Å². The number of ether oxygens (including phenoxy) is 1. The van der Waals surface area contributed by atoms with Crippen molar-refractivity contribution in [2.45, 2.75) is 12.8 Å². The molecule has 0 fully saturated rings. The predicted molar refractivity (Wildman–Crippen MR) is 95.6 cm³/mol. The maximum absolute atomic E-state index is 12.8. The van der Waals surface area contributed by atoms with E-state index in [9.17, 15) is 14.0 Å². The first-order valence-electron chi connectivity index (χ1n) is 8.25. The molecule has 0 unspecified atom stereocenters. The Morgan fingerprint density at radius 2 is 1.92 bits per heavy atom. The highest BCUT2D eigenvalue weighted by Crippen LogP contribution is 2.10. The zero-order chi connectivity index (χ0) is 18.4. The first-order chi connectivity index (χ1) is 12.6. The molecule has 1 amide bonds. The van der Waals surface area contributed by atoms with Crippen LogP contribution >= 0.6 is 0 Å². The molecule has 134 valence electrons. The molecule has 0 radical (unpaired) electrons. The van der Waals surface area contributed by atoms with E-state index in [0.29, 0.717) is 35.4 Å². The van der Waals surface area contributed by atoms with E-state index in [-0.39, 0.29) is 30.3 Å². The van der Waals surface area contributed by atoms with Crippen molar-refractivity contribution in [1.29, 1.82) is 0 Å². The van der Waals surface area contributed by atoms with Crippen molar-refractivity contribution in [2.75, 3.05) is 13.2 Å². The molecule has 1 heterocycles. The zero-order valence-electron chi connectivity index (χ0n) is 14.0. The van der Waals surface area contributed by atoms with Crippen molar-refractivity contribution in [1.82, 2.24) is 15.3 Å². The molecule has 2 N–H and O–H groups in total. The number of carbonyl (C=O) groups is 1. The lowest BCUT2D eigenvalue weighted by molar-refractivity contribution is -0.121. The Hall–Kier alpha value is -3.22. The topological polar surface area (TPSA) is 84.1 Å². The summed E-state index contributed by atoms with van der Waals surface area (Å²) >= 11 is 0. The van der Waals surface area contributed by atoms with E-state index >= 15 is 0 Å². The first kappa shape index (κ1) is 17.6. The van der Waals surface area contributed by atoms with Crippen LogP contribution in [0.2, 0.25) is 0 Å². The summed E-state index contributed by atoms with van der Waals surface area (Å²) in [4.78, 5) is 30.9. The number of carbonyl (C=O) groups excluding carboxylic acids is 1. The van der Waals surface area contributed by atoms with E-state index < -0.39 is 0 Å². The number of aromatic nitrogens is 2. The second kappa shape index (κ2) is 8.24. The summed E-state index contributed by atoms with van der Waals surface area (Å²) in [7, 11) is 0. The zero-order valence-corrected chi connectivity index (χ0v) is 14.0. The summed E-state index contributed by atoms with van der Waals surface area (Å²) in [6, 6.07) is 12.7. The van der Waals surface area contributed by atoms with Crippen LogP contribution in [0.15, 0.2) is 53.3 Å². The molecule has 0 aliphatic rings. The molecule has 0 spiro atoms. The number of halogens is 1. The standard InChI is InChI=1S/C19H18FN3O3/c20-13-5-7-14(8-6-13)26-12-11-21-18(24)10-9-17-22-16-4-2-1-3-15(16)19(25)23-17/h1-8H,9-12H2,(H,21,24)(H,22,23,25). The van der Waals surface area contributed by atoms with Crippen molar-refractivity contribution < 1.29 is 13.9 Å². The van der Waals surface area contributed by atoms with Gasteiger partial charge in [-0.3, -0.25) is 9.59 Å². The molecule has 6 nitrogen and oxygen atoms in total. The highest BCUT2D eigenvalue weighted by atomic mass is 19.1. The van der Waals surface area contributed by atoms with Gasteiger partial charge in [-0.2, -0.15) is 0 Å². The van der Waals surface area contributed by atoms with Crippen LogP contribution in [0.3, 0.4) is 0 Å². The Balaban J connectivity index is 1.44. The van der Waals surface area contributed by atoms with Gasteiger partial charge in [0.2, 0.25) is 5.91 Å². The minimum atomic E-state index is -0.328. The molecule has 1 aromatic heterocycles. The summed E-state index contributed by atoms with van der Waals surface area (Å²) < 4.78 is 18.2. The van der Waals surface area contributed by atoms with Crippen molar-refractivity contribution in [3.8, 4) is 5.75 Å². The largest absolute Gasteiger partial charge is 0.492 e. The van der Waals surface area contributed by atoms with Gasteiger partial charge < -0.3 is 15.0 Å². The van der Waals surface area contributed by atoms with Crippen LogP contribution in [0.25, 0.3) is 10.9 Å². The lowest BCUT2D eigenvalue weighted by atomic mass is 10.2. The van der Waals surface area contributed by atoms with Crippen molar-refractivity contribution >= 4 is 16.8 Å². The van der Waals surface area contributed by atoms with Crippen molar-refractivity contribution in [2.24, 2.45) is 0 Å². The predicted octanol–water partition coefficient (Wildman–Crippen LogP) is 2.19. The van der Waals surface area contributed by atoms with Crippen LogP contribution in [-0.2, 0) is 11.2 Å². The molecule has 3 aromatic rings. The molecular formula is C19H18FN3O3. The molecule has 7 heteroatoms. The number of rotatable bonds is 7. The smallest absolute Gasteiger partial charge is 0.258 e. The van der Waals surface area contributed by atoms with Crippen LogP contribution in [0.4, 0.5) is 4.39 Å². The van der Waals surface area contributed by atoms with Gasteiger partial charge in [-0.05, 0) is 36.4 Å². The normalized spacial score (nSPS) is 10.7.